The largest absolute Gasteiger partial charge is 0.292 e. The molecule has 4 heteroatoms. The number of carbonyl (C=O) groups excluding carboxylic acids is 2. The SMILES string of the molecule is CN=CC(=O)NC(C)=O. The van der Waals surface area contributed by atoms with Gasteiger partial charge in [0.15, 0.2) is 0 Å². The van der Waals surface area contributed by atoms with E-state index in [1.54, 1.807) is 0 Å². The van der Waals surface area contributed by atoms with Gasteiger partial charge in [0.25, 0.3) is 5.91 Å². The molecule has 0 saturated carbocycles. The van der Waals surface area contributed by atoms with Gasteiger partial charge in [-0.1, -0.05) is 0 Å². The van der Waals surface area contributed by atoms with Gasteiger partial charge in [0.1, 0.15) is 0 Å². The molecule has 0 aromatic carbocycles. The number of amides is 2. The molecule has 0 aromatic heterocycles. The quantitative estimate of drug-likeness (QED) is 0.477. The maximum absolute atomic E-state index is 10.4. The Morgan fingerprint density at radius 3 is 2.44 bits per heavy atom. The molecule has 0 fully saturated rings. The van der Waals surface area contributed by atoms with Gasteiger partial charge in [0.2, 0.25) is 5.91 Å². The van der Waals surface area contributed by atoms with Crippen LogP contribution in [0.15, 0.2) is 4.99 Å². The van der Waals surface area contributed by atoms with Crippen molar-refractivity contribution in [2.24, 2.45) is 4.99 Å². The Hall–Kier alpha value is -1.19. The van der Waals surface area contributed by atoms with Crippen LogP contribution < -0.4 is 5.32 Å². The molecule has 0 heterocycles. The second kappa shape index (κ2) is 3.77. The monoisotopic (exact) mass is 128 g/mol. The predicted molar refractivity (Wildman–Crippen MR) is 33.2 cm³/mol. The van der Waals surface area contributed by atoms with E-state index in [4.69, 9.17) is 0 Å². The number of hydrogen-bond donors (Lipinski definition) is 1. The summed E-state index contributed by atoms with van der Waals surface area (Å²) in [5.74, 6) is -0.857. The lowest BCUT2D eigenvalue weighted by Gasteiger charge is -1.90. The molecule has 50 valence electrons. The van der Waals surface area contributed by atoms with Crippen LogP contribution in [0.1, 0.15) is 6.92 Å². The van der Waals surface area contributed by atoms with Crippen LogP contribution >= 0.6 is 0 Å². The van der Waals surface area contributed by atoms with Gasteiger partial charge in [-0.3, -0.25) is 19.9 Å². The van der Waals surface area contributed by atoms with E-state index >= 15 is 0 Å². The highest BCUT2D eigenvalue weighted by molar-refractivity contribution is 6.29. The highest BCUT2D eigenvalue weighted by atomic mass is 16.2. The minimum Gasteiger partial charge on any atom is -0.292 e. The summed E-state index contributed by atoms with van der Waals surface area (Å²) in [5.41, 5.74) is 0. The second-order valence-corrected chi connectivity index (χ2v) is 1.43. The fourth-order valence-corrected chi connectivity index (χ4v) is 0.323. The summed E-state index contributed by atoms with van der Waals surface area (Å²) in [4.78, 5) is 23.9. The number of carbonyl (C=O) groups is 2. The Bertz CT molecular complexity index is 151. The van der Waals surface area contributed by atoms with Crippen LogP contribution in [0.3, 0.4) is 0 Å². The molecular weight excluding hydrogens is 120 g/mol. The molecule has 0 saturated heterocycles. The molecule has 1 N–H and O–H groups in total. The van der Waals surface area contributed by atoms with Gasteiger partial charge in [-0.15, -0.1) is 0 Å². The molecule has 9 heavy (non-hydrogen) atoms. The van der Waals surface area contributed by atoms with Crippen molar-refractivity contribution < 1.29 is 9.59 Å². The van der Waals surface area contributed by atoms with E-state index in [0.717, 1.165) is 6.21 Å². The van der Waals surface area contributed by atoms with Crippen molar-refractivity contribution in [2.45, 2.75) is 6.92 Å². The van der Waals surface area contributed by atoms with E-state index in [0.29, 0.717) is 0 Å². The Balaban J connectivity index is 3.64. The summed E-state index contributed by atoms with van der Waals surface area (Å²) in [6.45, 7) is 1.27. The van der Waals surface area contributed by atoms with Crippen LogP contribution in [-0.4, -0.2) is 25.1 Å². The first-order valence-corrected chi connectivity index (χ1v) is 2.40. The molecule has 0 radical (unpaired) electrons. The molecule has 0 unspecified atom stereocenters. The number of hydrogen-bond acceptors (Lipinski definition) is 3. The minimum absolute atomic E-state index is 0.375. The third kappa shape index (κ3) is 4.67. The Labute approximate surface area is 53.0 Å². The summed E-state index contributed by atoms with van der Waals surface area (Å²) in [6, 6.07) is 0. The van der Waals surface area contributed by atoms with Gasteiger partial charge in [0.05, 0.1) is 6.21 Å². The minimum atomic E-state index is -0.481. The fraction of sp³-hybridized carbons (Fsp3) is 0.400. The lowest BCUT2D eigenvalue weighted by Crippen LogP contribution is -2.28. The third-order valence-corrected chi connectivity index (χ3v) is 0.546. The van der Waals surface area contributed by atoms with Gasteiger partial charge >= 0.3 is 0 Å². The maximum Gasteiger partial charge on any atom is 0.268 e. The fourth-order valence-electron chi connectivity index (χ4n) is 0.323. The van der Waals surface area contributed by atoms with Crippen LogP contribution in [0.25, 0.3) is 0 Å². The van der Waals surface area contributed by atoms with E-state index in [2.05, 4.69) is 4.99 Å². The van der Waals surface area contributed by atoms with Crippen molar-refractivity contribution >= 4 is 18.0 Å². The highest BCUT2D eigenvalue weighted by Crippen LogP contribution is 1.61. The van der Waals surface area contributed by atoms with Crippen molar-refractivity contribution in [3.63, 3.8) is 0 Å². The van der Waals surface area contributed by atoms with Gasteiger partial charge in [-0.05, 0) is 0 Å². The van der Waals surface area contributed by atoms with E-state index in [-0.39, 0.29) is 5.91 Å². The van der Waals surface area contributed by atoms with Crippen molar-refractivity contribution in [2.75, 3.05) is 7.05 Å². The third-order valence-electron chi connectivity index (χ3n) is 0.546. The molecule has 0 aromatic rings. The maximum atomic E-state index is 10.4. The molecule has 0 aliphatic rings. The first kappa shape index (κ1) is 7.81. The Morgan fingerprint density at radius 1 is 1.56 bits per heavy atom. The molecule has 0 spiro atoms. The normalized spacial score (nSPS) is 9.56. The average molecular weight is 128 g/mol. The van der Waals surface area contributed by atoms with E-state index in [1.165, 1.54) is 14.0 Å². The summed E-state index contributed by atoms with van der Waals surface area (Å²) < 4.78 is 0. The van der Waals surface area contributed by atoms with Crippen molar-refractivity contribution in [1.29, 1.82) is 0 Å². The lowest BCUT2D eigenvalue weighted by atomic mass is 10.6. The molecule has 0 bridgehead atoms. The van der Waals surface area contributed by atoms with Gasteiger partial charge < -0.3 is 0 Å². The molecule has 4 nitrogen and oxygen atoms in total. The summed E-state index contributed by atoms with van der Waals surface area (Å²) in [7, 11) is 1.46. The molecule has 0 aliphatic carbocycles. The van der Waals surface area contributed by atoms with Crippen molar-refractivity contribution in [1.82, 2.24) is 5.32 Å². The van der Waals surface area contributed by atoms with Crippen molar-refractivity contribution in [3.05, 3.63) is 0 Å². The van der Waals surface area contributed by atoms with Crippen LogP contribution in [0.4, 0.5) is 0 Å². The van der Waals surface area contributed by atoms with Gasteiger partial charge in [-0.25, -0.2) is 0 Å². The first-order valence-electron chi connectivity index (χ1n) is 2.40. The number of rotatable bonds is 1. The van der Waals surface area contributed by atoms with Crippen LogP contribution in [0, 0.1) is 0 Å². The van der Waals surface area contributed by atoms with E-state index < -0.39 is 5.91 Å². The Kier molecular flexibility index (Phi) is 3.27. The first-order chi connectivity index (χ1) is 4.16. The highest BCUT2D eigenvalue weighted by Gasteiger charge is 1.95. The number of aliphatic imine (C=N–C) groups is 1. The van der Waals surface area contributed by atoms with Crippen LogP contribution in [-0.2, 0) is 9.59 Å². The summed E-state index contributed by atoms with van der Waals surface area (Å²) in [5, 5.41) is 2.02. The van der Waals surface area contributed by atoms with Crippen LogP contribution in [0.2, 0.25) is 0 Å². The van der Waals surface area contributed by atoms with Crippen molar-refractivity contribution in [3.8, 4) is 0 Å². The Morgan fingerprint density at radius 2 is 2.11 bits per heavy atom. The van der Waals surface area contributed by atoms with E-state index in [9.17, 15) is 9.59 Å². The second-order valence-electron chi connectivity index (χ2n) is 1.43. The lowest BCUT2D eigenvalue weighted by molar-refractivity contribution is -0.125. The smallest absolute Gasteiger partial charge is 0.268 e. The molecule has 0 rings (SSSR count). The zero-order chi connectivity index (χ0) is 7.28. The molecule has 2 amide bonds. The van der Waals surface area contributed by atoms with Gasteiger partial charge in [-0.2, -0.15) is 0 Å². The zero-order valence-corrected chi connectivity index (χ0v) is 5.34. The standard InChI is InChI=1S/C5H8N2O2/c1-4(8)7-5(9)3-6-2/h3H,1-2H3,(H,7,8,9). The number of imide groups is 1. The zero-order valence-electron chi connectivity index (χ0n) is 5.34. The van der Waals surface area contributed by atoms with Gasteiger partial charge in [0, 0.05) is 14.0 Å². The number of nitrogens with zero attached hydrogens (tertiary/aromatic N) is 1. The molecule has 0 aliphatic heterocycles. The summed E-state index contributed by atoms with van der Waals surface area (Å²) in [6.07, 6.45) is 1.04. The van der Waals surface area contributed by atoms with E-state index in [1.807, 2.05) is 5.32 Å². The predicted octanol–water partition coefficient (Wildman–Crippen LogP) is -0.650. The molecular formula is C5H8N2O2. The number of nitrogens with one attached hydrogen (secondary N) is 1. The van der Waals surface area contributed by atoms with Crippen LogP contribution in [0.5, 0.6) is 0 Å². The summed E-state index contributed by atoms with van der Waals surface area (Å²) >= 11 is 0. The molecule has 0 atom stereocenters. The average Bonchev–Trinajstić information content (AvgIpc) is 1.63. The topological polar surface area (TPSA) is 58.5 Å².